The van der Waals surface area contributed by atoms with E-state index in [1.165, 1.54) is 22.5 Å². The van der Waals surface area contributed by atoms with Gasteiger partial charge in [0.1, 0.15) is 17.4 Å². The highest BCUT2D eigenvalue weighted by Gasteiger charge is 2.41. The van der Waals surface area contributed by atoms with Crippen molar-refractivity contribution >= 4 is 46.5 Å². The number of alkyl halides is 2. The van der Waals surface area contributed by atoms with Crippen LogP contribution >= 0.6 is 0 Å². The van der Waals surface area contributed by atoms with Gasteiger partial charge in [-0.1, -0.05) is 36.4 Å². The molecule has 0 spiro atoms. The first kappa shape index (κ1) is 41.7. The minimum atomic E-state index is -2.86. The van der Waals surface area contributed by atoms with Crippen LogP contribution in [-0.4, -0.2) is 109 Å². The number of morpholine rings is 1. The molecule has 1 saturated carbocycles. The van der Waals surface area contributed by atoms with Crippen molar-refractivity contribution in [1.82, 2.24) is 39.5 Å². The molecule has 5 aliphatic rings. The summed E-state index contributed by atoms with van der Waals surface area (Å²) in [4.78, 5) is 62.0. The van der Waals surface area contributed by atoms with Crippen LogP contribution in [0.4, 0.5) is 26.0 Å². The van der Waals surface area contributed by atoms with Crippen LogP contribution in [0.2, 0.25) is 0 Å². The number of carbonyl (C=O) groups is 4. The molecule has 5 aromatic rings. The Hall–Kier alpha value is -6.27. The summed E-state index contributed by atoms with van der Waals surface area (Å²) < 4.78 is 37.4. The normalized spacial score (nSPS) is 23.1. The Morgan fingerprint density at radius 2 is 1.80 bits per heavy atom. The van der Waals surface area contributed by atoms with E-state index in [9.17, 15) is 28.0 Å². The number of carbonyl (C=O) groups excluding carboxylic acids is 4. The van der Waals surface area contributed by atoms with Crippen molar-refractivity contribution in [3.8, 4) is 0 Å². The van der Waals surface area contributed by atoms with Crippen LogP contribution in [0.25, 0.3) is 5.65 Å². The van der Waals surface area contributed by atoms with Crippen molar-refractivity contribution in [2.45, 2.75) is 95.1 Å². The molecule has 4 fully saturated rings. The topological polar surface area (TPSA) is 171 Å². The second-order valence-corrected chi connectivity index (χ2v) is 17.9. The Balaban J connectivity index is 0.688. The van der Waals surface area contributed by atoms with Gasteiger partial charge in [-0.25, -0.2) is 18.3 Å². The summed E-state index contributed by atoms with van der Waals surface area (Å²) in [5.41, 5.74) is 4.54. The predicted octanol–water partition coefficient (Wildman–Crippen LogP) is 5.37. The molecule has 0 radical (unpaired) electrons. The van der Waals surface area contributed by atoms with Gasteiger partial charge in [-0.15, -0.1) is 0 Å². The number of benzene rings is 2. The smallest absolute Gasteiger partial charge is 0.284 e. The van der Waals surface area contributed by atoms with Gasteiger partial charge in [-0.05, 0) is 86.7 Å². The predicted molar refractivity (Wildman–Crippen MR) is 232 cm³/mol. The number of amides is 4. The summed E-state index contributed by atoms with van der Waals surface area (Å²) in [6, 6.07) is 15.6. The van der Waals surface area contributed by atoms with Gasteiger partial charge >= 0.3 is 0 Å². The third kappa shape index (κ3) is 8.31. The zero-order valence-corrected chi connectivity index (χ0v) is 35.6. The number of anilines is 3. The highest BCUT2D eigenvalue weighted by Crippen LogP contribution is 2.37. The van der Waals surface area contributed by atoms with Crippen molar-refractivity contribution in [2.24, 2.45) is 5.92 Å². The summed E-state index contributed by atoms with van der Waals surface area (Å²) in [5.74, 6) is -0.298. The van der Waals surface area contributed by atoms with E-state index in [1.54, 1.807) is 15.8 Å². The summed E-state index contributed by atoms with van der Waals surface area (Å²) in [7, 11) is 2.13. The maximum absolute atomic E-state index is 14.3. The lowest BCUT2D eigenvalue weighted by Crippen LogP contribution is -2.52. The third-order valence-corrected chi connectivity index (χ3v) is 13.6. The van der Waals surface area contributed by atoms with Crippen LogP contribution in [0, 0.1) is 5.92 Å². The molecule has 3 atom stereocenters. The average Bonchev–Trinajstić information content (AvgIpc) is 4.15. The molecule has 4 aliphatic heterocycles. The molecule has 16 nitrogen and oxygen atoms in total. The molecule has 3 saturated heterocycles. The minimum absolute atomic E-state index is 0.00778. The van der Waals surface area contributed by atoms with Crippen LogP contribution < -0.4 is 20.9 Å². The van der Waals surface area contributed by atoms with Crippen LogP contribution in [0.3, 0.4) is 0 Å². The third-order valence-electron chi connectivity index (χ3n) is 13.6. The standard InChI is InChI=1S/C46H51F2N11O5/c1-55(17-15-27-5-7-28(8-6-27)20-49-35-4-2-3-30-23-57(46(63)40(30)35)37-13-14-39(60)53-45(37)62)22-29-9-11-31(12-10-29)59-25-36(41(54-59)42(47)48)51-44(61)34-21-50-58-18-16-38(52-43(34)58)56-24-33-19-32(56)26-64-33/h2-8,16,18,21,25,29,31-33,37,42,49H,9-15,17,19-20,22-24,26H2,1H3,(H,51,61)(H,53,60,62)/t29?,31?,32-,33-,37?/m1/s1. The van der Waals surface area contributed by atoms with Crippen molar-refractivity contribution in [1.29, 1.82) is 0 Å². The Kier molecular flexibility index (Phi) is 11.3. The van der Waals surface area contributed by atoms with Gasteiger partial charge < -0.3 is 30.1 Å². The summed E-state index contributed by atoms with van der Waals surface area (Å²) in [6.45, 7) is 4.06. The molecule has 2 aromatic carbocycles. The van der Waals surface area contributed by atoms with E-state index in [4.69, 9.17) is 9.72 Å². The molecule has 3 N–H and O–H groups in total. The number of halogens is 2. The van der Waals surface area contributed by atoms with Crippen LogP contribution in [-0.2, 0) is 33.8 Å². The molecule has 7 heterocycles. The lowest BCUT2D eigenvalue weighted by Gasteiger charge is -2.31. The van der Waals surface area contributed by atoms with E-state index < -0.39 is 30.0 Å². The largest absolute Gasteiger partial charge is 0.380 e. The lowest BCUT2D eigenvalue weighted by atomic mass is 9.86. The number of piperidine rings is 1. The first-order chi connectivity index (χ1) is 31.0. The molecule has 1 unspecified atom stereocenters. The number of hydrogen-bond donors (Lipinski definition) is 3. The van der Waals surface area contributed by atoms with Crippen LogP contribution in [0.1, 0.15) is 101 Å². The van der Waals surface area contributed by atoms with Gasteiger partial charge in [-0.2, -0.15) is 10.2 Å². The molecule has 1 aliphatic carbocycles. The molecular formula is C46H51F2N11O5. The van der Waals surface area contributed by atoms with Crippen LogP contribution in [0.5, 0.6) is 0 Å². The van der Waals surface area contributed by atoms with Crippen molar-refractivity contribution in [3.05, 3.63) is 101 Å². The number of imide groups is 1. The van der Waals surface area contributed by atoms with Crippen LogP contribution in [0.15, 0.2) is 67.1 Å². The SMILES string of the molecule is CN(CCc1ccc(CNc2cccc3c2C(=O)N(C2CCC(=O)NC2=O)C3)cc1)CC1CCC(n2cc(NC(=O)c3cnn4ccc(N5C[C@H]6C[C@@H]5CO6)nc34)c(C(F)F)n2)CC1. The van der Waals surface area contributed by atoms with Crippen molar-refractivity contribution < 1.29 is 32.7 Å². The number of rotatable bonds is 14. The quantitative estimate of drug-likeness (QED) is 0.123. The number of aromatic nitrogens is 5. The van der Waals surface area contributed by atoms with Gasteiger partial charge in [0, 0.05) is 57.2 Å². The Labute approximate surface area is 368 Å². The van der Waals surface area contributed by atoms with E-state index in [2.05, 4.69) is 67.3 Å². The maximum Gasteiger partial charge on any atom is 0.284 e. The first-order valence-electron chi connectivity index (χ1n) is 22.2. The Bertz CT molecular complexity index is 2590. The molecule has 3 aromatic heterocycles. The number of hydrogen-bond acceptors (Lipinski definition) is 11. The van der Waals surface area contributed by atoms with E-state index in [1.807, 2.05) is 24.3 Å². The Morgan fingerprint density at radius 3 is 2.55 bits per heavy atom. The fourth-order valence-corrected chi connectivity index (χ4v) is 10.1. The molecule has 4 amide bonds. The van der Waals surface area contributed by atoms with E-state index in [0.717, 1.165) is 80.8 Å². The van der Waals surface area contributed by atoms with Gasteiger partial charge in [0.15, 0.2) is 11.3 Å². The zero-order chi connectivity index (χ0) is 44.1. The van der Waals surface area contributed by atoms with Gasteiger partial charge in [0.25, 0.3) is 18.2 Å². The molecule has 2 bridgehead atoms. The number of nitrogens with one attached hydrogen (secondary N) is 3. The van der Waals surface area contributed by atoms with E-state index in [0.29, 0.717) is 43.2 Å². The number of fused-ring (bicyclic) bond motifs is 4. The highest BCUT2D eigenvalue weighted by atomic mass is 19.3. The average molecular weight is 876 g/mol. The number of ether oxygens (including phenoxy) is 1. The second kappa shape index (κ2) is 17.4. The lowest BCUT2D eigenvalue weighted by molar-refractivity contribution is -0.136. The van der Waals surface area contributed by atoms with Crippen molar-refractivity contribution in [3.63, 3.8) is 0 Å². The highest BCUT2D eigenvalue weighted by molar-refractivity contribution is 6.09. The fraction of sp³-hybridized carbons (Fsp3) is 0.457. The molecule has 10 rings (SSSR count). The monoisotopic (exact) mass is 875 g/mol. The summed E-state index contributed by atoms with van der Waals surface area (Å²) in [5, 5.41) is 17.0. The minimum Gasteiger partial charge on any atom is -0.380 e. The summed E-state index contributed by atoms with van der Waals surface area (Å²) in [6.07, 6.45) is 7.87. The second-order valence-electron chi connectivity index (χ2n) is 17.9. The molecular weight excluding hydrogens is 825 g/mol. The molecule has 18 heteroatoms. The summed E-state index contributed by atoms with van der Waals surface area (Å²) >= 11 is 0. The molecule has 64 heavy (non-hydrogen) atoms. The van der Waals surface area contributed by atoms with E-state index in [-0.39, 0.29) is 47.7 Å². The fourth-order valence-electron chi connectivity index (χ4n) is 10.1. The first-order valence-corrected chi connectivity index (χ1v) is 22.2. The molecule has 334 valence electrons. The number of likely N-dealkylation sites (N-methyl/N-ethyl adjacent to an activating group) is 1. The van der Waals surface area contributed by atoms with E-state index >= 15 is 0 Å². The zero-order valence-electron chi connectivity index (χ0n) is 35.6. The number of nitrogens with zero attached hydrogens (tertiary/aromatic N) is 8. The Morgan fingerprint density at radius 1 is 0.984 bits per heavy atom. The van der Waals surface area contributed by atoms with Gasteiger partial charge in [-0.3, -0.25) is 29.2 Å². The van der Waals surface area contributed by atoms with Gasteiger partial charge in [0.05, 0.1) is 42.2 Å². The van der Waals surface area contributed by atoms with Gasteiger partial charge in [0.2, 0.25) is 11.8 Å². The van der Waals surface area contributed by atoms with Crippen molar-refractivity contribution in [2.75, 3.05) is 48.8 Å². The maximum atomic E-state index is 14.3.